The minimum absolute atomic E-state index is 0.387. The van der Waals surface area contributed by atoms with Crippen molar-refractivity contribution in [1.29, 1.82) is 0 Å². The van der Waals surface area contributed by atoms with Gasteiger partial charge in [-0.1, -0.05) is 0 Å². The number of benzene rings is 1. The summed E-state index contributed by atoms with van der Waals surface area (Å²) in [7, 11) is 3.50. The van der Waals surface area contributed by atoms with Crippen LogP contribution in [0.25, 0.3) is 0 Å². The zero-order valence-corrected chi connectivity index (χ0v) is 11.7. The van der Waals surface area contributed by atoms with E-state index in [4.69, 9.17) is 10.5 Å². The minimum Gasteiger partial charge on any atom is -0.465 e. The Balaban J connectivity index is 2.24. The molecule has 1 heterocycles. The fraction of sp³-hybridized carbons (Fsp3) is 0.500. The lowest BCUT2D eigenvalue weighted by atomic mass is 10.1. The number of piperazine rings is 1. The van der Waals surface area contributed by atoms with Crippen molar-refractivity contribution < 1.29 is 9.53 Å². The van der Waals surface area contributed by atoms with E-state index >= 15 is 0 Å². The van der Waals surface area contributed by atoms with Gasteiger partial charge in [-0.15, -0.1) is 0 Å². The summed E-state index contributed by atoms with van der Waals surface area (Å²) in [5.41, 5.74) is 7.73. The molecule has 0 aliphatic carbocycles. The zero-order chi connectivity index (χ0) is 14.0. The second kappa shape index (κ2) is 5.48. The van der Waals surface area contributed by atoms with Crippen molar-refractivity contribution in [1.82, 2.24) is 4.90 Å². The minimum atomic E-state index is -0.387. The van der Waals surface area contributed by atoms with Crippen molar-refractivity contribution in [2.75, 3.05) is 44.4 Å². The first kappa shape index (κ1) is 13.7. The summed E-state index contributed by atoms with van der Waals surface area (Å²) in [5.74, 6) is -0.387. The molecule has 1 saturated heterocycles. The maximum atomic E-state index is 11.7. The fourth-order valence-electron chi connectivity index (χ4n) is 2.31. The van der Waals surface area contributed by atoms with Crippen molar-refractivity contribution in [3.8, 4) is 0 Å². The Labute approximate surface area is 113 Å². The van der Waals surface area contributed by atoms with Gasteiger partial charge in [0.2, 0.25) is 0 Å². The van der Waals surface area contributed by atoms with Crippen LogP contribution < -0.4 is 10.6 Å². The first-order valence-electron chi connectivity index (χ1n) is 6.46. The van der Waals surface area contributed by atoms with E-state index in [9.17, 15) is 4.79 Å². The van der Waals surface area contributed by atoms with E-state index in [-0.39, 0.29) is 5.97 Å². The quantitative estimate of drug-likeness (QED) is 0.641. The Morgan fingerprint density at radius 1 is 1.42 bits per heavy atom. The van der Waals surface area contributed by atoms with Gasteiger partial charge < -0.3 is 20.3 Å². The number of methoxy groups -OCH3 is 1. The van der Waals surface area contributed by atoms with Crippen LogP contribution in [0.3, 0.4) is 0 Å². The predicted octanol–water partition coefficient (Wildman–Crippen LogP) is 1.20. The standard InChI is InChI=1S/C14H21N3O2/c1-10-9-17(7-6-16(10)2)11-4-5-13(15)12(8-11)14(18)19-3/h4-5,8,10H,6-7,9,15H2,1-3H3. The van der Waals surface area contributed by atoms with Crippen molar-refractivity contribution >= 4 is 17.3 Å². The molecule has 1 aliphatic rings. The molecule has 0 bridgehead atoms. The van der Waals surface area contributed by atoms with Gasteiger partial charge in [0.25, 0.3) is 0 Å². The van der Waals surface area contributed by atoms with Crippen LogP contribution in [-0.4, -0.2) is 50.7 Å². The summed E-state index contributed by atoms with van der Waals surface area (Å²) < 4.78 is 4.75. The molecular formula is C14H21N3O2. The van der Waals surface area contributed by atoms with Crippen LogP contribution in [-0.2, 0) is 4.74 Å². The van der Waals surface area contributed by atoms with E-state index in [2.05, 4.69) is 23.8 Å². The Morgan fingerprint density at radius 3 is 2.79 bits per heavy atom. The van der Waals surface area contributed by atoms with Gasteiger partial charge in [0.15, 0.2) is 0 Å². The normalized spacial score (nSPS) is 20.4. The molecule has 2 N–H and O–H groups in total. The predicted molar refractivity (Wildman–Crippen MR) is 76.5 cm³/mol. The van der Waals surface area contributed by atoms with Gasteiger partial charge in [-0.25, -0.2) is 4.79 Å². The van der Waals surface area contributed by atoms with Crippen molar-refractivity contribution in [3.05, 3.63) is 23.8 Å². The number of likely N-dealkylation sites (N-methyl/N-ethyl adjacent to an activating group) is 1. The average molecular weight is 263 g/mol. The number of nitrogen functional groups attached to an aromatic ring is 1. The van der Waals surface area contributed by atoms with Crippen molar-refractivity contribution in [2.24, 2.45) is 0 Å². The molecule has 104 valence electrons. The Morgan fingerprint density at radius 2 is 2.16 bits per heavy atom. The fourth-order valence-corrected chi connectivity index (χ4v) is 2.31. The number of carbonyl (C=O) groups excluding carboxylic acids is 1. The van der Waals surface area contributed by atoms with Gasteiger partial charge in [0, 0.05) is 37.1 Å². The molecule has 0 amide bonds. The van der Waals surface area contributed by atoms with Gasteiger partial charge in [-0.3, -0.25) is 0 Å². The molecule has 19 heavy (non-hydrogen) atoms. The van der Waals surface area contributed by atoms with Gasteiger partial charge in [0.1, 0.15) is 0 Å². The lowest BCUT2D eigenvalue weighted by Crippen LogP contribution is -2.50. The highest BCUT2D eigenvalue weighted by atomic mass is 16.5. The van der Waals surface area contributed by atoms with E-state index in [1.165, 1.54) is 7.11 Å². The van der Waals surface area contributed by atoms with E-state index in [0.717, 1.165) is 25.3 Å². The zero-order valence-electron chi connectivity index (χ0n) is 11.7. The Bertz CT molecular complexity index is 476. The van der Waals surface area contributed by atoms with E-state index < -0.39 is 0 Å². The van der Waals surface area contributed by atoms with Crippen LogP contribution in [0.15, 0.2) is 18.2 Å². The van der Waals surface area contributed by atoms with E-state index in [1.54, 1.807) is 6.07 Å². The number of nitrogens with zero attached hydrogens (tertiary/aromatic N) is 2. The third-order valence-electron chi connectivity index (χ3n) is 3.77. The Hall–Kier alpha value is -1.75. The first-order chi connectivity index (χ1) is 9.02. The number of carbonyl (C=O) groups is 1. The number of hydrogen-bond acceptors (Lipinski definition) is 5. The average Bonchev–Trinajstić information content (AvgIpc) is 2.41. The van der Waals surface area contributed by atoms with Crippen LogP contribution in [0, 0.1) is 0 Å². The number of hydrogen-bond donors (Lipinski definition) is 1. The maximum Gasteiger partial charge on any atom is 0.340 e. The maximum absolute atomic E-state index is 11.7. The molecule has 0 aromatic heterocycles. The van der Waals surface area contributed by atoms with Crippen LogP contribution in [0.2, 0.25) is 0 Å². The molecular weight excluding hydrogens is 242 g/mol. The SMILES string of the molecule is COC(=O)c1cc(N2CCN(C)C(C)C2)ccc1N. The van der Waals surface area contributed by atoms with Gasteiger partial charge in [0.05, 0.1) is 12.7 Å². The number of anilines is 2. The van der Waals surface area contributed by atoms with Crippen LogP contribution >= 0.6 is 0 Å². The third-order valence-corrected chi connectivity index (χ3v) is 3.77. The molecule has 1 unspecified atom stereocenters. The first-order valence-corrected chi connectivity index (χ1v) is 6.46. The molecule has 0 radical (unpaired) electrons. The molecule has 1 fully saturated rings. The largest absolute Gasteiger partial charge is 0.465 e. The monoisotopic (exact) mass is 263 g/mol. The molecule has 1 aromatic rings. The summed E-state index contributed by atoms with van der Waals surface area (Å²) in [5, 5.41) is 0. The summed E-state index contributed by atoms with van der Waals surface area (Å²) in [4.78, 5) is 16.3. The molecule has 5 nitrogen and oxygen atoms in total. The van der Waals surface area contributed by atoms with E-state index in [0.29, 0.717) is 17.3 Å². The van der Waals surface area contributed by atoms with Crippen LogP contribution in [0.5, 0.6) is 0 Å². The van der Waals surface area contributed by atoms with Crippen molar-refractivity contribution in [3.63, 3.8) is 0 Å². The van der Waals surface area contributed by atoms with Crippen molar-refractivity contribution in [2.45, 2.75) is 13.0 Å². The number of rotatable bonds is 2. The van der Waals surface area contributed by atoms with Gasteiger partial charge >= 0.3 is 5.97 Å². The lowest BCUT2D eigenvalue weighted by Gasteiger charge is -2.39. The number of nitrogens with two attached hydrogens (primary N) is 1. The van der Waals surface area contributed by atoms with Gasteiger partial charge in [-0.05, 0) is 32.2 Å². The highest BCUT2D eigenvalue weighted by Crippen LogP contribution is 2.24. The second-order valence-electron chi connectivity index (χ2n) is 5.04. The summed E-state index contributed by atoms with van der Waals surface area (Å²) in [6.45, 7) is 5.11. The molecule has 1 atom stereocenters. The molecule has 1 aliphatic heterocycles. The summed E-state index contributed by atoms with van der Waals surface area (Å²) in [6, 6.07) is 6.04. The van der Waals surface area contributed by atoms with Crippen LogP contribution in [0.4, 0.5) is 11.4 Å². The van der Waals surface area contributed by atoms with Crippen LogP contribution in [0.1, 0.15) is 17.3 Å². The second-order valence-corrected chi connectivity index (χ2v) is 5.04. The lowest BCUT2D eigenvalue weighted by molar-refractivity contribution is 0.0602. The van der Waals surface area contributed by atoms with Gasteiger partial charge in [-0.2, -0.15) is 0 Å². The molecule has 1 aromatic carbocycles. The number of ether oxygens (including phenoxy) is 1. The smallest absolute Gasteiger partial charge is 0.340 e. The molecule has 5 heteroatoms. The number of esters is 1. The molecule has 2 rings (SSSR count). The molecule has 0 saturated carbocycles. The summed E-state index contributed by atoms with van der Waals surface area (Å²) in [6.07, 6.45) is 0. The Kier molecular flexibility index (Phi) is 3.95. The highest BCUT2D eigenvalue weighted by Gasteiger charge is 2.22. The topological polar surface area (TPSA) is 58.8 Å². The summed E-state index contributed by atoms with van der Waals surface area (Å²) >= 11 is 0. The molecule has 0 spiro atoms. The highest BCUT2D eigenvalue weighted by molar-refractivity contribution is 5.96. The van der Waals surface area contributed by atoms with E-state index in [1.807, 2.05) is 12.1 Å². The third kappa shape index (κ3) is 2.81.